The van der Waals surface area contributed by atoms with Gasteiger partial charge in [0.15, 0.2) is 0 Å². The van der Waals surface area contributed by atoms with Crippen molar-refractivity contribution >= 4 is 42.6 Å². The van der Waals surface area contributed by atoms with E-state index in [2.05, 4.69) is 22.6 Å². The summed E-state index contributed by atoms with van der Waals surface area (Å²) in [6, 6.07) is 7.57. The van der Waals surface area contributed by atoms with E-state index in [-0.39, 0.29) is 13.1 Å². The van der Waals surface area contributed by atoms with Gasteiger partial charge < -0.3 is 0 Å². The molecule has 0 amide bonds. The summed E-state index contributed by atoms with van der Waals surface area (Å²) < 4.78 is 58.2. The molecule has 2 aromatic carbocycles. The van der Waals surface area contributed by atoms with Crippen molar-refractivity contribution < 1.29 is 16.8 Å². The highest BCUT2D eigenvalue weighted by Gasteiger charge is 2.30. The van der Waals surface area contributed by atoms with Gasteiger partial charge in [0.05, 0.1) is 9.79 Å². The Labute approximate surface area is 226 Å². The van der Waals surface area contributed by atoms with E-state index in [4.69, 9.17) is 0 Å². The first kappa shape index (κ1) is 30.2. The molecule has 35 heavy (non-hydrogen) atoms. The van der Waals surface area contributed by atoms with Gasteiger partial charge in [-0.1, -0.05) is 64.9 Å². The zero-order valence-corrected chi connectivity index (χ0v) is 25.8. The largest absolute Gasteiger partial charge is 0.243 e. The van der Waals surface area contributed by atoms with E-state index in [9.17, 15) is 16.8 Å². The summed E-state index contributed by atoms with van der Waals surface area (Å²) in [5.74, 6) is 0. The van der Waals surface area contributed by atoms with Gasteiger partial charge in [0, 0.05) is 30.6 Å². The Morgan fingerprint density at radius 3 is 1.34 bits per heavy atom. The van der Waals surface area contributed by atoms with Crippen LogP contribution >= 0.6 is 22.6 Å². The standard InChI is InChI=1S/C26H39IN2O4S2/c1-8-28(34(30,31)25-21(4)15-19(2)16-22(25)5)13-10-14-29(12-9-11-27)35(32,33)26-23(6)17-20(3)18-24(26)7/h15-18H,8-14H2,1-7H3. The monoisotopic (exact) mass is 634 g/mol. The minimum absolute atomic E-state index is 0.258. The topological polar surface area (TPSA) is 74.8 Å². The van der Waals surface area contributed by atoms with E-state index in [1.54, 1.807) is 0 Å². The Morgan fingerprint density at radius 1 is 0.629 bits per heavy atom. The number of hydrogen-bond donors (Lipinski definition) is 0. The SMILES string of the molecule is CCN(CCCN(CCCI)S(=O)(=O)c1c(C)cc(C)cc1C)S(=O)(=O)c1c(C)cc(C)cc1C. The van der Waals surface area contributed by atoms with Crippen LogP contribution < -0.4 is 0 Å². The number of aryl methyl sites for hydroxylation is 6. The molecule has 0 fully saturated rings. The van der Waals surface area contributed by atoms with Crippen molar-refractivity contribution in [2.45, 2.75) is 71.1 Å². The lowest BCUT2D eigenvalue weighted by molar-refractivity contribution is 0.365. The molecule has 0 saturated heterocycles. The van der Waals surface area contributed by atoms with Crippen LogP contribution in [0.2, 0.25) is 0 Å². The Morgan fingerprint density at radius 2 is 0.971 bits per heavy atom. The second-order valence-electron chi connectivity index (χ2n) is 9.25. The van der Waals surface area contributed by atoms with Crippen LogP contribution in [0.5, 0.6) is 0 Å². The molecule has 0 radical (unpaired) electrons. The molecule has 6 nitrogen and oxygen atoms in total. The van der Waals surface area contributed by atoms with Crippen LogP contribution in [0, 0.1) is 41.5 Å². The van der Waals surface area contributed by atoms with E-state index in [1.165, 1.54) is 8.61 Å². The number of alkyl halides is 1. The smallest absolute Gasteiger partial charge is 0.207 e. The molecule has 0 aliphatic carbocycles. The third kappa shape index (κ3) is 7.06. The number of benzene rings is 2. The molecule has 0 aliphatic rings. The van der Waals surface area contributed by atoms with E-state index in [0.717, 1.165) is 44.2 Å². The maximum atomic E-state index is 13.7. The van der Waals surface area contributed by atoms with E-state index in [1.807, 2.05) is 72.7 Å². The third-order valence-corrected chi connectivity index (χ3v) is 11.4. The quantitative estimate of drug-likeness (QED) is 0.230. The van der Waals surface area contributed by atoms with Crippen molar-refractivity contribution in [3.05, 3.63) is 57.6 Å². The Kier molecular flexibility index (Phi) is 10.8. The van der Waals surface area contributed by atoms with E-state index >= 15 is 0 Å². The first-order valence-electron chi connectivity index (χ1n) is 12.0. The number of hydrogen-bond acceptors (Lipinski definition) is 4. The molecule has 2 rings (SSSR count). The van der Waals surface area contributed by atoms with Crippen LogP contribution in [0.25, 0.3) is 0 Å². The predicted molar refractivity (Wildman–Crippen MR) is 153 cm³/mol. The summed E-state index contributed by atoms with van der Waals surface area (Å²) >= 11 is 2.25. The third-order valence-electron chi connectivity index (χ3n) is 6.11. The lowest BCUT2D eigenvalue weighted by Crippen LogP contribution is -2.38. The Hall–Kier alpha value is -1.01. The van der Waals surface area contributed by atoms with Gasteiger partial charge in [-0.3, -0.25) is 0 Å². The molecule has 0 N–H and O–H groups in total. The van der Waals surface area contributed by atoms with Crippen molar-refractivity contribution in [2.75, 3.05) is 30.6 Å². The first-order valence-corrected chi connectivity index (χ1v) is 16.4. The predicted octanol–water partition coefficient (Wildman–Crippen LogP) is 5.45. The fourth-order valence-electron chi connectivity index (χ4n) is 4.87. The van der Waals surface area contributed by atoms with Crippen LogP contribution in [0.3, 0.4) is 0 Å². The maximum Gasteiger partial charge on any atom is 0.243 e. The summed E-state index contributed by atoms with van der Waals surface area (Å²) in [5.41, 5.74) is 5.01. The van der Waals surface area contributed by atoms with Gasteiger partial charge in [-0.25, -0.2) is 16.8 Å². The van der Waals surface area contributed by atoms with Gasteiger partial charge in [-0.2, -0.15) is 8.61 Å². The van der Waals surface area contributed by atoms with Gasteiger partial charge in [-0.05, 0) is 76.6 Å². The second kappa shape index (κ2) is 12.5. The molecule has 2 aromatic rings. The molecule has 0 aliphatic heterocycles. The zero-order chi connectivity index (χ0) is 26.6. The fourth-order valence-corrected chi connectivity index (χ4v) is 9.03. The number of sulfonamides is 2. The van der Waals surface area contributed by atoms with Crippen molar-refractivity contribution in [3.8, 4) is 0 Å². The van der Waals surface area contributed by atoms with Gasteiger partial charge in [0.25, 0.3) is 0 Å². The molecule has 0 saturated carbocycles. The lowest BCUT2D eigenvalue weighted by Gasteiger charge is -2.27. The summed E-state index contributed by atoms with van der Waals surface area (Å²) in [7, 11) is -7.39. The van der Waals surface area contributed by atoms with E-state index < -0.39 is 20.0 Å². The summed E-state index contributed by atoms with van der Waals surface area (Å²) in [5, 5.41) is 0. The summed E-state index contributed by atoms with van der Waals surface area (Å²) in [4.78, 5) is 0.715. The van der Waals surface area contributed by atoms with Crippen LogP contribution in [-0.4, -0.2) is 56.1 Å². The molecule has 9 heteroatoms. The second-order valence-corrected chi connectivity index (χ2v) is 14.1. The summed E-state index contributed by atoms with van der Waals surface area (Å²) in [6.45, 7) is 14.3. The zero-order valence-electron chi connectivity index (χ0n) is 22.0. The molecular formula is C26H39IN2O4S2. The fraction of sp³-hybridized carbons (Fsp3) is 0.538. The number of rotatable bonds is 12. The number of nitrogens with zero attached hydrogens (tertiary/aromatic N) is 2. The van der Waals surface area contributed by atoms with Crippen LogP contribution in [0.15, 0.2) is 34.1 Å². The van der Waals surface area contributed by atoms with Crippen molar-refractivity contribution in [1.82, 2.24) is 8.61 Å². The highest BCUT2D eigenvalue weighted by Crippen LogP contribution is 2.27. The summed E-state index contributed by atoms with van der Waals surface area (Å²) in [6.07, 6.45) is 1.16. The molecule has 196 valence electrons. The van der Waals surface area contributed by atoms with Crippen LogP contribution in [-0.2, 0) is 20.0 Å². The van der Waals surface area contributed by atoms with Gasteiger partial charge in [0.2, 0.25) is 20.0 Å². The lowest BCUT2D eigenvalue weighted by atomic mass is 10.1. The molecule has 0 bridgehead atoms. The molecule has 0 aromatic heterocycles. The Balaban J connectivity index is 2.30. The van der Waals surface area contributed by atoms with Crippen molar-refractivity contribution in [1.29, 1.82) is 0 Å². The first-order chi connectivity index (χ1) is 16.3. The molecule has 0 atom stereocenters. The Bertz CT molecular complexity index is 1210. The molecule has 0 unspecified atom stereocenters. The minimum atomic E-state index is -3.70. The normalized spacial score (nSPS) is 12.6. The number of halogens is 1. The molecule has 0 spiro atoms. The maximum absolute atomic E-state index is 13.7. The highest BCUT2D eigenvalue weighted by molar-refractivity contribution is 14.1. The molecular weight excluding hydrogens is 595 g/mol. The van der Waals surface area contributed by atoms with Crippen LogP contribution in [0.1, 0.15) is 53.1 Å². The highest BCUT2D eigenvalue weighted by atomic mass is 127. The average molecular weight is 635 g/mol. The van der Waals surface area contributed by atoms with Gasteiger partial charge in [0.1, 0.15) is 0 Å². The van der Waals surface area contributed by atoms with E-state index in [0.29, 0.717) is 29.3 Å². The van der Waals surface area contributed by atoms with Gasteiger partial charge in [-0.15, -0.1) is 0 Å². The van der Waals surface area contributed by atoms with Crippen molar-refractivity contribution in [3.63, 3.8) is 0 Å². The minimum Gasteiger partial charge on any atom is -0.207 e. The van der Waals surface area contributed by atoms with Crippen LogP contribution in [0.4, 0.5) is 0 Å². The molecule has 0 heterocycles. The van der Waals surface area contributed by atoms with Crippen molar-refractivity contribution in [2.24, 2.45) is 0 Å². The average Bonchev–Trinajstić information content (AvgIpc) is 2.70. The van der Waals surface area contributed by atoms with Gasteiger partial charge >= 0.3 is 0 Å².